The third-order valence-corrected chi connectivity index (χ3v) is 3.54. The molecular formula is C13H18BrNO2. The van der Waals surface area contributed by atoms with Crippen molar-refractivity contribution in [2.24, 2.45) is 5.73 Å². The summed E-state index contributed by atoms with van der Waals surface area (Å²) in [5.41, 5.74) is 8.15. The van der Waals surface area contributed by atoms with Crippen LogP contribution in [0.5, 0.6) is 11.5 Å². The fourth-order valence-corrected chi connectivity index (χ4v) is 2.80. The number of nitrogens with two attached hydrogens (primary N) is 1. The van der Waals surface area contributed by atoms with Gasteiger partial charge in [0, 0.05) is 5.56 Å². The van der Waals surface area contributed by atoms with Crippen molar-refractivity contribution in [2.75, 3.05) is 13.3 Å². The molecule has 0 saturated carbocycles. The average Bonchev–Trinajstić information content (AvgIpc) is 2.74. The first-order valence-electron chi connectivity index (χ1n) is 5.96. The number of halogens is 1. The van der Waals surface area contributed by atoms with E-state index in [1.54, 1.807) is 0 Å². The van der Waals surface area contributed by atoms with Gasteiger partial charge in [-0.3, -0.25) is 0 Å². The number of hydrogen-bond acceptors (Lipinski definition) is 3. The van der Waals surface area contributed by atoms with Gasteiger partial charge in [-0.25, -0.2) is 0 Å². The van der Waals surface area contributed by atoms with Crippen LogP contribution < -0.4 is 15.2 Å². The van der Waals surface area contributed by atoms with E-state index in [4.69, 9.17) is 15.2 Å². The Morgan fingerprint density at radius 1 is 1.35 bits per heavy atom. The highest BCUT2D eigenvalue weighted by molar-refractivity contribution is 9.10. The van der Waals surface area contributed by atoms with Crippen LogP contribution >= 0.6 is 15.9 Å². The quantitative estimate of drug-likeness (QED) is 0.928. The van der Waals surface area contributed by atoms with E-state index in [0.29, 0.717) is 19.3 Å². The topological polar surface area (TPSA) is 44.5 Å². The van der Waals surface area contributed by atoms with Gasteiger partial charge in [0.25, 0.3) is 0 Å². The third kappa shape index (κ3) is 2.43. The molecule has 0 aromatic heterocycles. The molecule has 94 valence electrons. The molecule has 1 heterocycles. The first-order valence-corrected chi connectivity index (χ1v) is 6.75. The van der Waals surface area contributed by atoms with E-state index in [1.165, 1.54) is 11.1 Å². The highest BCUT2D eigenvalue weighted by Crippen LogP contribution is 2.46. The number of aryl methyl sites for hydroxylation is 1. The van der Waals surface area contributed by atoms with Gasteiger partial charge in [-0.15, -0.1) is 0 Å². The van der Waals surface area contributed by atoms with Gasteiger partial charge >= 0.3 is 0 Å². The maximum absolute atomic E-state index is 5.61. The molecule has 1 aromatic carbocycles. The molecule has 0 bridgehead atoms. The summed E-state index contributed by atoms with van der Waals surface area (Å²) < 4.78 is 12.1. The molecular weight excluding hydrogens is 282 g/mol. The zero-order valence-electron chi connectivity index (χ0n) is 10.3. The summed E-state index contributed by atoms with van der Waals surface area (Å²) in [6, 6.07) is 2.14. The Balaban J connectivity index is 2.47. The highest BCUT2D eigenvalue weighted by Gasteiger charge is 2.25. The molecule has 0 aliphatic carbocycles. The van der Waals surface area contributed by atoms with Crippen molar-refractivity contribution < 1.29 is 9.47 Å². The van der Waals surface area contributed by atoms with E-state index in [2.05, 4.69) is 35.8 Å². The number of benzene rings is 1. The van der Waals surface area contributed by atoms with Crippen LogP contribution in [0.2, 0.25) is 0 Å². The molecule has 0 fully saturated rings. The molecule has 0 unspecified atom stereocenters. The lowest BCUT2D eigenvalue weighted by Gasteiger charge is -2.16. The molecule has 17 heavy (non-hydrogen) atoms. The largest absolute Gasteiger partial charge is 0.453 e. The molecule has 2 N–H and O–H groups in total. The summed E-state index contributed by atoms with van der Waals surface area (Å²) in [6.45, 7) is 5.38. The van der Waals surface area contributed by atoms with Crippen LogP contribution in [0.1, 0.15) is 37.3 Å². The predicted octanol–water partition coefficient (Wildman–Crippen LogP) is 3.19. The van der Waals surface area contributed by atoms with Crippen molar-refractivity contribution in [3.8, 4) is 11.5 Å². The zero-order chi connectivity index (χ0) is 12.4. The summed E-state index contributed by atoms with van der Waals surface area (Å²) in [4.78, 5) is 0. The maximum Gasteiger partial charge on any atom is 0.231 e. The number of rotatable bonds is 4. The lowest BCUT2D eigenvalue weighted by molar-refractivity contribution is 0.172. The van der Waals surface area contributed by atoms with Crippen LogP contribution in [0.3, 0.4) is 0 Å². The Labute approximate surface area is 110 Å². The Kier molecular flexibility index (Phi) is 3.94. The number of fused-ring (bicyclic) bond motifs is 1. The fourth-order valence-electron chi connectivity index (χ4n) is 2.23. The average molecular weight is 300 g/mol. The minimum atomic E-state index is 0.313. The first kappa shape index (κ1) is 12.7. The lowest BCUT2D eigenvalue weighted by Crippen LogP contribution is -2.04. The van der Waals surface area contributed by atoms with Gasteiger partial charge in [-0.05, 0) is 52.9 Å². The van der Waals surface area contributed by atoms with Crippen molar-refractivity contribution >= 4 is 15.9 Å². The van der Waals surface area contributed by atoms with Crippen molar-refractivity contribution in [3.63, 3.8) is 0 Å². The van der Waals surface area contributed by atoms with E-state index in [-0.39, 0.29) is 0 Å². The standard InChI is InChI=1S/C13H18BrNO2/c1-8(2)11-9(4-3-5-15)6-10(14)12-13(11)17-7-16-12/h6,8H,3-5,7,15H2,1-2H3. The summed E-state index contributed by atoms with van der Waals surface area (Å²) in [5, 5.41) is 0. The van der Waals surface area contributed by atoms with Crippen LogP contribution in [0.25, 0.3) is 0 Å². The molecule has 0 amide bonds. The molecule has 4 heteroatoms. The Bertz CT molecular complexity index is 418. The monoisotopic (exact) mass is 299 g/mol. The number of hydrogen-bond donors (Lipinski definition) is 1. The molecule has 0 radical (unpaired) electrons. The van der Waals surface area contributed by atoms with Crippen LogP contribution in [0, 0.1) is 0 Å². The van der Waals surface area contributed by atoms with Gasteiger partial charge in [-0.1, -0.05) is 13.8 Å². The summed E-state index contributed by atoms with van der Waals surface area (Å²) >= 11 is 3.54. The van der Waals surface area contributed by atoms with E-state index < -0.39 is 0 Å². The zero-order valence-corrected chi connectivity index (χ0v) is 11.8. The first-order chi connectivity index (χ1) is 8.15. The van der Waals surface area contributed by atoms with Crippen LogP contribution in [0.4, 0.5) is 0 Å². The van der Waals surface area contributed by atoms with Crippen LogP contribution in [-0.2, 0) is 6.42 Å². The summed E-state index contributed by atoms with van der Waals surface area (Å²) in [7, 11) is 0. The van der Waals surface area contributed by atoms with Crippen LogP contribution in [0.15, 0.2) is 10.5 Å². The van der Waals surface area contributed by atoms with Gasteiger partial charge in [-0.2, -0.15) is 0 Å². The summed E-state index contributed by atoms with van der Waals surface area (Å²) in [6.07, 6.45) is 1.98. The van der Waals surface area contributed by atoms with E-state index >= 15 is 0 Å². The van der Waals surface area contributed by atoms with Crippen molar-refractivity contribution in [3.05, 3.63) is 21.7 Å². The third-order valence-electron chi connectivity index (χ3n) is 2.95. The molecule has 1 aliphatic heterocycles. The fraction of sp³-hybridized carbons (Fsp3) is 0.538. The molecule has 0 atom stereocenters. The summed E-state index contributed by atoms with van der Waals surface area (Å²) in [5.74, 6) is 2.16. The molecule has 2 rings (SSSR count). The molecule has 0 spiro atoms. The van der Waals surface area contributed by atoms with Crippen molar-refractivity contribution in [1.82, 2.24) is 0 Å². The molecule has 0 saturated heterocycles. The van der Waals surface area contributed by atoms with Crippen molar-refractivity contribution in [2.45, 2.75) is 32.6 Å². The van der Waals surface area contributed by atoms with Crippen LogP contribution in [-0.4, -0.2) is 13.3 Å². The van der Waals surface area contributed by atoms with Crippen molar-refractivity contribution in [1.29, 1.82) is 0 Å². The van der Waals surface area contributed by atoms with Gasteiger partial charge in [0.05, 0.1) is 4.47 Å². The van der Waals surface area contributed by atoms with E-state index in [0.717, 1.165) is 28.8 Å². The lowest BCUT2D eigenvalue weighted by atomic mass is 9.93. The Morgan fingerprint density at radius 3 is 2.71 bits per heavy atom. The molecule has 1 aromatic rings. The highest BCUT2D eigenvalue weighted by atomic mass is 79.9. The second-order valence-corrected chi connectivity index (χ2v) is 5.40. The van der Waals surface area contributed by atoms with Gasteiger partial charge in [0.15, 0.2) is 11.5 Å². The Hall–Kier alpha value is -0.740. The minimum absolute atomic E-state index is 0.313. The Morgan fingerprint density at radius 2 is 2.06 bits per heavy atom. The smallest absolute Gasteiger partial charge is 0.231 e. The van der Waals surface area contributed by atoms with Gasteiger partial charge in [0.1, 0.15) is 0 Å². The number of ether oxygens (including phenoxy) is 2. The maximum atomic E-state index is 5.61. The normalized spacial score (nSPS) is 13.5. The van der Waals surface area contributed by atoms with Gasteiger partial charge in [0.2, 0.25) is 6.79 Å². The van der Waals surface area contributed by atoms with E-state index in [9.17, 15) is 0 Å². The second-order valence-electron chi connectivity index (χ2n) is 4.54. The second kappa shape index (κ2) is 5.27. The predicted molar refractivity (Wildman–Crippen MR) is 71.7 cm³/mol. The van der Waals surface area contributed by atoms with E-state index in [1.807, 2.05) is 0 Å². The van der Waals surface area contributed by atoms with Gasteiger partial charge < -0.3 is 15.2 Å². The molecule has 1 aliphatic rings. The molecule has 3 nitrogen and oxygen atoms in total. The SMILES string of the molecule is CC(C)c1c(CCCN)cc(Br)c2c1OCO2. The minimum Gasteiger partial charge on any atom is -0.453 e.